The minimum atomic E-state index is -1.04. The largest absolute Gasteiger partial charge is 0.466 e. The van der Waals surface area contributed by atoms with Gasteiger partial charge in [-0.25, -0.2) is 4.79 Å². The molecule has 54 valence electrons. The Morgan fingerprint density at radius 1 is 1.78 bits per heavy atom. The fraction of sp³-hybridized carbons (Fsp3) is 0. The molecule has 5 nitrogen and oxygen atoms in total. The van der Waals surface area contributed by atoms with E-state index in [1.54, 1.807) is 0 Å². The van der Waals surface area contributed by atoms with Crippen LogP contribution >= 0.6 is 0 Å². The van der Waals surface area contributed by atoms with Crippen LogP contribution in [0.3, 0.4) is 0 Å². The van der Waals surface area contributed by atoms with Gasteiger partial charge in [0.1, 0.15) is 10.5 Å². The molecule has 2 N–H and O–H groups in total. The van der Waals surface area contributed by atoms with E-state index in [9.17, 15) is 4.79 Å². The first kappa shape index (κ1) is 8.84. The van der Waals surface area contributed by atoms with Gasteiger partial charge < -0.3 is 18.3 Å². The molecule has 0 rings (SSSR count). The Hall–Kier alpha value is -0.159. The Labute approximate surface area is 60.4 Å². The second kappa shape index (κ2) is 5.97. The molecule has 0 aliphatic carbocycles. The zero-order valence-electron chi connectivity index (χ0n) is 5.09. The predicted octanol–water partition coefficient (Wildman–Crippen LogP) is -3.43. The number of carboxylic acid groups (broad SMARTS) is 1. The topological polar surface area (TPSA) is 67.8 Å². The quantitative estimate of drug-likeness (QED) is 0.352. The second-order valence-electron chi connectivity index (χ2n) is 1.24. The molecule has 0 aliphatic rings. The highest BCUT2D eigenvalue weighted by Gasteiger charge is 1.91. The molecule has 9 heavy (non-hydrogen) atoms. The zero-order chi connectivity index (χ0) is 7.11. The van der Waals surface area contributed by atoms with E-state index in [-0.39, 0.29) is 0 Å². The number of hydrogen-bond donors (Lipinski definition) is 2. The molecule has 0 radical (unpaired) electrons. The van der Waals surface area contributed by atoms with Gasteiger partial charge in [-0.05, 0) is 0 Å². The maximum atomic E-state index is 9.79. The van der Waals surface area contributed by atoms with Crippen molar-refractivity contribution < 1.29 is 18.1 Å². The van der Waals surface area contributed by atoms with Gasteiger partial charge in [0.25, 0.3) is 19.9 Å². The number of rotatable bonds is 4. The summed E-state index contributed by atoms with van der Waals surface area (Å²) in [5.74, 6) is 0. The Bertz CT molecular complexity index is 87.9. The molecule has 0 unspecified atom stereocenters. The summed E-state index contributed by atoms with van der Waals surface area (Å²) in [7, 11) is -1.18. The van der Waals surface area contributed by atoms with Gasteiger partial charge in [0.2, 0.25) is 0 Å². The van der Waals surface area contributed by atoms with Crippen molar-refractivity contribution >= 4 is 36.5 Å². The lowest BCUT2D eigenvalue weighted by Crippen LogP contribution is -2.28. The lowest BCUT2D eigenvalue weighted by molar-refractivity contribution is 0.200. The minimum absolute atomic E-state index is 0.686. The lowest BCUT2D eigenvalue weighted by Gasteiger charge is -1.99. The van der Waals surface area contributed by atoms with Crippen molar-refractivity contribution in [1.82, 2.24) is 4.98 Å². The summed E-state index contributed by atoms with van der Waals surface area (Å²) in [4.78, 5) is 12.0. The summed E-state index contributed by atoms with van der Waals surface area (Å²) in [5.41, 5.74) is 0. The first-order valence-electron chi connectivity index (χ1n) is 2.31. The molecule has 0 saturated carbocycles. The van der Waals surface area contributed by atoms with Crippen molar-refractivity contribution in [2.45, 2.75) is 0 Å². The maximum Gasteiger partial charge on any atom is 0.397 e. The van der Waals surface area contributed by atoms with E-state index in [4.69, 9.17) is 13.3 Å². The molecule has 0 bridgehead atoms. The molecule has 1 amide bonds. The van der Waals surface area contributed by atoms with Crippen LogP contribution in [0.5, 0.6) is 0 Å². The summed E-state index contributed by atoms with van der Waals surface area (Å²) in [6.45, 7) is 0. The third kappa shape index (κ3) is 7.84. The van der Waals surface area contributed by atoms with E-state index in [1.807, 2.05) is 0 Å². The highest BCUT2D eigenvalue weighted by Crippen LogP contribution is 1.63. The highest BCUT2D eigenvalue weighted by atomic mass is 28.3. The van der Waals surface area contributed by atoms with Gasteiger partial charge in [0.05, 0.1) is 0 Å². The lowest BCUT2D eigenvalue weighted by atomic mass is 11.3. The normalized spacial score (nSPS) is 12.0. The van der Waals surface area contributed by atoms with E-state index < -0.39 is 26.0 Å². The third-order valence-electron chi connectivity index (χ3n) is 0.527. The standard InChI is InChI=1S/CH9NO4Si3/c3-1(4)2-8-6-9-5-7/h2H,8-9H2,7H3,(H,3,4). The van der Waals surface area contributed by atoms with Gasteiger partial charge in [-0.3, -0.25) is 0 Å². The van der Waals surface area contributed by atoms with Crippen LogP contribution in [0.15, 0.2) is 0 Å². The van der Waals surface area contributed by atoms with Crippen LogP contribution in [-0.4, -0.2) is 41.6 Å². The van der Waals surface area contributed by atoms with Crippen LogP contribution < -0.4 is 4.98 Å². The van der Waals surface area contributed by atoms with Gasteiger partial charge in [-0.1, -0.05) is 0 Å². The monoisotopic (exact) mass is 183 g/mol. The molecular weight excluding hydrogens is 174 g/mol. The predicted molar refractivity (Wildman–Crippen MR) is 40.4 cm³/mol. The summed E-state index contributed by atoms with van der Waals surface area (Å²) in [5, 5.41) is 8.04. The molecule has 0 saturated heterocycles. The van der Waals surface area contributed by atoms with Crippen molar-refractivity contribution in [2.75, 3.05) is 0 Å². The Morgan fingerprint density at radius 3 is 2.89 bits per heavy atom. The Kier molecular flexibility index (Phi) is 5.86. The Morgan fingerprint density at radius 2 is 2.44 bits per heavy atom. The summed E-state index contributed by atoms with van der Waals surface area (Å²) in [6.07, 6.45) is -1.01. The molecule has 0 heterocycles. The van der Waals surface area contributed by atoms with Crippen molar-refractivity contribution in [1.29, 1.82) is 0 Å². The highest BCUT2D eigenvalue weighted by molar-refractivity contribution is 6.41. The van der Waals surface area contributed by atoms with E-state index in [2.05, 4.69) is 4.98 Å². The molecule has 0 fully saturated rings. The number of amides is 1. The second-order valence-corrected chi connectivity index (χ2v) is 6.06. The van der Waals surface area contributed by atoms with E-state index in [1.165, 1.54) is 0 Å². The molecule has 0 aromatic rings. The Balaban J connectivity index is 2.83. The van der Waals surface area contributed by atoms with Crippen LogP contribution in [0, 0.1) is 0 Å². The zero-order valence-corrected chi connectivity index (χ0v) is 9.91. The third-order valence-corrected chi connectivity index (χ3v) is 3.40. The van der Waals surface area contributed by atoms with Crippen molar-refractivity contribution in [2.24, 2.45) is 0 Å². The molecule has 0 aliphatic heterocycles. The van der Waals surface area contributed by atoms with Crippen molar-refractivity contribution in [3.8, 4) is 0 Å². The van der Waals surface area contributed by atoms with E-state index in [0.29, 0.717) is 10.5 Å². The fourth-order valence-electron chi connectivity index (χ4n) is 0.238. The summed E-state index contributed by atoms with van der Waals surface area (Å²) >= 11 is 0. The minimum Gasteiger partial charge on any atom is -0.466 e. The average Bonchev–Trinajstić information content (AvgIpc) is 1.80. The van der Waals surface area contributed by atoms with Crippen LogP contribution in [0.2, 0.25) is 0 Å². The van der Waals surface area contributed by atoms with Gasteiger partial charge in [0, 0.05) is 0 Å². The van der Waals surface area contributed by atoms with Gasteiger partial charge in [-0.2, -0.15) is 0 Å². The van der Waals surface area contributed by atoms with Crippen LogP contribution in [0.4, 0.5) is 4.79 Å². The molecule has 0 atom stereocenters. The molecule has 0 aromatic heterocycles. The maximum absolute atomic E-state index is 9.79. The number of hydrogen-bond acceptors (Lipinski definition) is 3. The molecule has 8 heteroatoms. The summed E-state index contributed by atoms with van der Waals surface area (Å²) in [6, 6.07) is 0. The average molecular weight is 183 g/mol. The van der Waals surface area contributed by atoms with Gasteiger partial charge >= 0.3 is 6.09 Å². The van der Waals surface area contributed by atoms with Gasteiger partial charge in [-0.15, -0.1) is 0 Å². The van der Waals surface area contributed by atoms with E-state index in [0.717, 1.165) is 0 Å². The molecule has 0 aromatic carbocycles. The van der Waals surface area contributed by atoms with Gasteiger partial charge in [0.15, 0.2) is 0 Å². The smallest absolute Gasteiger partial charge is 0.397 e. The molecule has 0 spiro atoms. The van der Waals surface area contributed by atoms with Crippen molar-refractivity contribution in [3.63, 3.8) is 0 Å². The summed E-state index contributed by atoms with van der Waals surface area (Å²) < 4.78 is 9.67. The fourth-order valence-corrected chi connectivity index (χ4v) is 3.27. The van der Waals surface area contributed by atoms with Crippen LogP contribution in [-0.2, 0) is 8.23 Å². The number of nitrogens with one attached hydrogen (secondary N) is 1. The molecular formula is CH9NO4Si3. The number of carbonyl (C=O) groups is 1. The van der Waals surface area contributed by atoms with Crippen LogP contribution in [0.25, 0.3) is 0 Å². The van der Waals surface area contributed by atoms with E-state index >= 15 is 0 Å². The SMILES string of the molecule is O=C(O)N[SiH2]O[SiH2]O[SiH3]. The first-order chi connectivity index (χ1) is 4.27. The van der Waals surface area contributed by atoms with Crippen LogP contribution in [0.1, 0.15) is 0 Å². The first-order valence-corrected chi connectivity index (χ1v) is 5.56. The van der Waals surface area contributed by atoms with Crippen molar-refractivity contribution in [3.05, 3.63) is 0 Å².